The standard InChI is InChI=1S/C10H10FIN2O3/c11-7-3-9(13-2-1-6(15)5-13)10(14(16)17)4-8(7)12/h3-4,6,15H,1-2,5H2/t6-/m0/s1. The van der Waals surface area contributed by atoms with E-state index in [4.69, 9.17) is 0 Å². The highest BCUT2D eigenvalue weighted by Gasteiger charge is 2.27. The number of nitrogens with zero attached hydrogens (tertiary/aromatic N) is 2. The topological polar surface area (TPSA) is 66.6 Å². The van der Waals surface area contributed by atoms with Crippen LogP contribution >= 0.6 is 22.6 Å². The lowest BCUT2D eigenvalue weighted by molar-refractivity contribution is -0.384. The Morgan fingerprint density at radius 2 is 2.29 bits per heavy atom. The van der Waals surface area contributed by atoms with Gasteiger partial charge in [0.05, 0.1) is 14.6 Å². The molecule has 0 bridgehead atoms. The first-order chi connectivity index (χ1) is 7.99. The van der Waals surface area contributed by atoms with Crippen molar-refractivity contribution in [2.45, 2.75) is 12.5 Å². The van der Waals surface area contributed by atoms with E-state index in [1.54, 1.807) is 27.5 Å². The van der Waals surface area contributed by atoms with Crippen molar-refractivity contribution in [1.29, 1.82) is 0 Å². The molecule has 1 N–H and O–H groups in total. The Hall–Kier alpha value is -0.960. The second-order valence-electron chi connectivity index (χ2n) is 3.90. The lowest BCUT2D eigenvalue weighted by atomic mass is 10.2. The number of hydrogen-bond acceptors (Lipinski definition) is 4. The number of nitro groups is 1. The first-order valence-electron chi connectivity index (χ1n) is 5.05. The van der Waals surface area contributed by atoms with Gasteiger partial charge >= 0.3 is 0 Å². The summed E-state index contributed by atoms with van der Waals surface area (Å²) in [6, 6.07) is 2.38. The summed E-state index contributed by atoms with van der Waals surface area (Å²) >= 11 is 1.72. The molecule has 1 saturated heterocycles. The van der Waals surface area contributed by atoms with Crippen molar-refractivity contribution < 1.29 is 14.4 Å². The van der Waals surface area contributed by atoms with Crippen molar-refractivity contribution in [3.63, 3.8) is 0 Å². The van der Waals surface area contributed by atoms with Crippen LogP contribution in [0.3, 0.4) is 0 Å². The van der Waals surface area contributed by atoms with Crippen LogP contribution in [0.2, 0.25) is 0 Å². The second kappa shape index (κ2) is 4.73. The van der Waals surface area contributed by atoms with Crippen molar-refractivity contribution in [2.75, 3.05) is 18.0 Å². The third-order valence-electron chi connectivity index (χ3n) is 2.72. The van der Waals surface area contributed by atoms with Crippen LogP contribution in [0, 0.1) is 19.5 Å². The quantitative estimate of drug-likeness (QED) is 0.502. The SMILES string of the molecule is O=[N+]([O-])c1cc(I)c(F)cc1N1CC[C@H](O)C1. The predicted octanol–water partition coefficient (Wildman–Crippen LogP) is 1.91. The maximum Gasteiger partial charge on any atom is 0.293 e. The van der Waals surface area contributed by atoms with Crippen LogP contribution in [-0.4, -0.2) is 29.2 Å². The zero-order valence-electron chi connectivity index (χ0n) is 8.77. The molecule has 1 aliphatic heterocycles. The van der Waals surface area contributed by atoms with E-state index in [2.05, 4.69) is 0 Å². The van der Waals surface area contributed by atoms with Crippen molar-refractivity contribution in [1.82, 2.24) is 0 Å². The lowest BCUT2D eigenvalue weighted by Gasteiger charge is -2.17. The van der Waals surface area contributed by atoms with Gasteiger partial charge in [0.1, 0.15) is 11.5 Å². The van der Waals surface area contributed by atoms with Crippen molar-refractivity contribution in [3.8, 4) is 0 Å². The molecule has 1 atom stereocenters. The molecule has 1 aromatic rings. The van der Waals surface area contributed by atoms with Crippen LogP contribution in [0.15, 0.2) is 12.1 Å². The fourth-order valence-electron chi connectivity index (χ4n) is 1.89. The van der Waals surface area contributed by atoms with Gasteiger partial charge in [-0.1, -0.05) is 0 Å². The summed E-state index contributed by atoms with van der Waals surface area (Å²) in [4.78, 5) is 12.0. The minimum absolute atomic E-state index is 0.120. The van der Waals surface area contributed by atoms with E-state index in [0.29, 0.717) is 19.5 Å². The maximum absolute atomic E-state index is 13.5. The Morgan fingerprint density at radius 1 is 1.59 bits per heavy atom. The van der Waals surface area contributed by atoms with Crippen LogP contribution in [0.4, 0.5) is 15.8 Å². The molecule has 1 aliphatic rings. The minimum Gasteiger partial charge on any atom is -0.391 e. The van der Waals surface area contributed by atoms with Crippen LogP contribution in [-0.2, 0) is 0 Å². The van der Waals surface area contributed by atoms with E-state index >= 15 is 0 Å². The fraction of sp³-hybridized carbons (Fsp3) is 0.400. The van der Waals surface area contributed by atoms with Gasteiger partial charge in [-0.3, -0.25) is 10.1 Å². The summed E-state index contributed by atoms with van der Waals surface area (Å²) in [6.45, 7) is 0.808. The number of benzene rings is 1. The number of aliphatic hydroxyl groups is 1. The zero-order chi connectivity index (χ0) is 12.6. The fourth-order valence-corrected chi connectivity index (χ4v) is 2.34. The highest BCUT2D eigenvalue weighted by Crippen LogP contribution is 2.33. The first-order valence-corrected chi connectivity index (χ1v) is 6.13. The molecule has 0 amide bonds. The smallest absolute Gasteiger partial charge is 0.293 e. The summed E-state index contributed by atoms with van der Waals surface area (Å²) in [5, 5.41) is 20.3. The molecule has 7 heteroatoms. The largest absolute Gasteiger partial charge is 0.391 e. The number of hydrogen-bond donors (Lipinski definition) is 1. The third kappa shape index (κ3) is 2.49. The zero-order valence-corrected chi connectivity index (χ0v) is 10.9. The Labute approximate surface area is 111 Å². The van der Waals surface area contributed by atoms with Gasteiger partial charge in [0.15, 0.2) is 0 Å². The van der Waals surface area contributed by atoms with Gasteiger partial charge in [-0.05, 0) is 29.0 Å². The molecule has 92 valence electrons. The molecule has 0 radical (unpaired) electrons. The number of β-amino-alcohol motifs (C(OH)–C–C–N with tert-alkyl or cyclic N) is 1. The Kier molecular flexibility index (Phi) is 3.48. The molecule has 2 rings (SSSR count). The maximum atomic E-state index is 13.5. The Bertz CT molecular complexity index is 469. The monoisotopic (exact) mass is 352 g/mol. The van der Waals surface area contributed by atoms with Gasteiger partial charge in [0.25, 0.3) is 5.69 Å². The highest BCUT2D eigenvalue weighted by molar-refractivity contribution is 14.1. The minimum atomic E-state index is -0.526. The Morgan fingerprint density at radius 3 is 2.82 bits per heavy atom. The van der Waals surface area contributed by atoms with E-state index < -0.39 is 16.8 Å². The average Bonchev–Trinajstić information content (AvgIpc) is 2.68. The summed E-state index contributed by atoms with van der Waals surface area (Å²) in [5.74, 6) is -0.479. The number of aliphatic hydroxyl groups excluding tert-OH is 1. The van der Waals surface area contributed by atoms with Crippen LogP contribution < -0.4 is 4.90 Å². The summed E-state index contributed by atoms with van der Waals surface area (Å²) in [6.07, 6.45) is 0.0436. The van der Waals surface area contributed by atoms with Gasteiger partial charge < -0.3 is 10.0 Å². The summed E-state index contributed by atoms with van der Waals surface area (Å²) in [5.41, 5.74) is 0.120. The number of rotatable bonds is 2. The molecule has 0 spiro atoms. The summed E-state index contributed by atoms with van der Waals surface area (Å²) < 4.78 is 13.7. The molecular formula is C10H10FIN2O3. The van der Waals surface area contributed by atoms with Crippen molar-refractivity contribution in [2.24, 2.45) is 0 Å². The van der Waals surface area contributed by atoms with Gasteiger partial charge in [-0.25, -0.2) is 4.39 Å². The molecule has 1 aromatic carbocycles. The first kappa shape index (κ1) is 12.5. The van der Waals surface area contributed by atoms with E-state index in [9.17, 15) is 19.6 Å². The normalized spacial score (nSPS) is 19.7. The van der Waals surface area contributed by atoms with E-state index in [1.807, 2.05) is 0 Å². The molecule has 5 nitrogen and oxygen atoms in total. The van der Waals surface area contributed by atoms with E-state index in [1.165, 1.54) is 6.07 Å². The predicted molar refractivity (Wildman–Crippen MR) is 68.6 cm³/mol. The molecular weight excluding hydrogens is 342 g/mol. The second-order valence-corrected chi connectivity index (χ2v) is 5.06. The third-order valence-corrected chi connectivity index (χ3v) is 3.54. The van der Waals surface area contributed by atoms with E-state index in [0.717, 1.165) is 6.07 Å². The van der Waals surface area contributed by atoms with Crippen molar-refractivity contribution in [3.05, 3.63) is 31.6 Å². The molecule has 0 aliphatic carbocycles. The van der Waals surface area contributed by atoms with Crippen LogP contribution in [0.25, 0.3) is 0 Å². The van der Waals surface area contributed by atoms with Crippen LogP contribution in [0.1, 0.15) is 6.42 Å². The van der Waals surface area contributed by atoms with Crippen LogP contribution in [0.5, 0.6) is 0 Å². The van der Waals surface area contributed by atoms with E-state index in [-0.39, 0.29) is 14.9 Å². The Balaban J connectivity index is 2.44. The molecule has 0 saturated carbocycles. The van der Waals surface area contributed by atoms with Gasteiger partial charge in [0.2, 0.25) is 0 Å². The lowest BCUT2D eigenvalue weighted by Crippen LogP contribution is -2.22. The molecule has 1 fully saturated rings. The van der Waals surface area contributed by atoms with Gasteiger partial charge in [-0.2, -0.15) is 0 Å². The molecule has 0 aromatic heterocycles. The average molecular weight is 352 g/mol. The van der Waals surface area contributed by atoms with Gasteiger partial charge in [0, 0.05) is 25.2 Å². The molecule has 1 heterocycles. The summed E-state index contributed by atoms with van der Waals surface area (Å²) in [7, 11) is 0. The molecule has 17 heavy (non-hydrogen) atoms. The number of nitro benzene ring substituents is 1. The van der Waals surface area contributed by atoms with Crippen molar-refractivity contribution >= 4 is 34.0 Å². The molecule has 0 unspecified atom stereocenters. The highest BCUT2D eigenvalue weighted by atomic mass is 127. The number of anilines is 1. The van der Waals surface area contributed by atoms with Gasteiger partial charge in [-0.15, -0.1) is 0 Å². The number of halogens is 2.